The van der Waals surface area contributed by atoms with Crippen molar-refractivity contribution in [2.45, 2.75) is 96.3 Å². The fourth-order valence-electron chi connectivity index (χ4n) is 9.60. The molecular weight excluding hydrogens is 806 g/mol. The van der Waals surface area contributed by atoms with Crippen molar-refractivity contribution in [3.8, 4) is 28.8 Å². The van der Waals surface area contributed by atoms with E-state index in [-0.39, 0.29) is 60.8 Å². The van der Waals surface area contributed by atoms with E-state index in [1.165, 1.54) is 6.07 Å². The first kappa shape index (κ1) is 42.3. The molecule has 3 aromatic carbocycles. The van der Waals surface area contributed by atoms with E-state index in [9.17, 15) is 14.7 Å². The highest BCUT2D eigenvalue weighted by Gasteiger charge is 2.41. The molecule has 6 heterocycles. The van der Waals surface area contributed by atoms with E-state index >= 15 is 4.39 Å². The van der Waals surface area contributed by atoms with Crippen molar-refractivity contribution >= 4 is 39.7 Å². The van der Waals surface area contributed by atoms with Gasteiger partial charge in [0, 0.05) is 50.6 Å². The highest BCUT2D eigenvalue weighted by atomic mass is 19.1. The van der Waals surface area contributed by atoms with Crippen molar-refractivity contribution in [3.05, 3.63) is 77.2 Å². The summed E-state index contributed by atoms with van der Waals surface area (Å²) in [5.74, 6) is 0.554. The summed E-state index contributed by atoms with van der Waals surface area (Å²) >= 11 is 0. The van der Waals surface area contributed by atoms with E-state index in [2.05, 4.69) is 20.6 Å². The van der Waals surface area contributed by atoms with Crippen molar-refractivity contribution < 1.29 is 33.3 Å². The van der Waals surface area contributed by atoms with Crippen LogP contribution >= 0.6 is 0 Å². The predicted molar refractivity (Wildman–Crippen MR) is 235 cm³/mol. The highest BCUT2D eigenvalue weighted by molar-refractivity contribution is 6.04. The fraction of sp³-hybridized carbons (Fsp3) is 0.468. The molecule has 330 valence electrons. The Morgan fingerprint density at radius 2 is 1.90 bits per heavy atom. The Labute approximate surface area is 365 Å². The molecule has 15 nitrogen and oxygen atoms in total. The normalized spacial score (nSPS) is 21.6. The van der Waals surface area contributed by atoms with Gasteiger partial charge >= 0.3 is 6.01 Å². The molecule has 0 aliphatic carbocycles. The minimum atomic E-state index is -0.528. The second-order valence-electron chi connectivity index (χ2n) is 17.4. The number of carbonyl (C=O) groups excluding carboxylic acids is 2. The van der Waals surface area contributed by atoms with Gasteiger partial charge in [-0.15, -0.1) is 0 Å². The average molecular weight is 860 g/mol. The number of nitrogens with one attached hydrogen (secondary N) is 1. The quantitative estimate of drug-likeness (QED) is 0.107. The molecule has 2 N–H and O–H groups in total. The second kappa shape index (κ2) is 17.6. The highest BCUT2D eigenvalue weighted by Crippen LogP contribution is 2.44. The van der Waals surface area contributed by atoms with Crippen LogP contribution in [0.2, 0.25) is 0 Å². The molecule has 6 atom stereocenters. The Kier molecular flexibility index (Phi) is 11.8. The number of aromatic hydroxyl groups is 1. The van der Waals surface area contributed by atoms with Crippen LogP contribution in [0.1, 0.15) is 69.7 Å². The summed E-state index contributed by atoms with van der Waals surface area (Å²) in [6.07, 6.45) is 5.29. The van der Waals surface area contributed by atoms with E-state index < -0.39 is 12.1 Å². The summed E-state index contributed by atoms with van der Waals surface area (Å²) < 4.78 is 34.0. The number of hydrogen-bond acceptors (Lipinski definition) is 14. The molecule has 0 spiro atoms. The maximum Gasteiger partial charge on any atom is 0.319 e. The predicted octanol–water partition coefficient (Wildman–Crippen LogP) is 6.73. The Hall–Kier alpha value is -6.00. The number of fused-ring (bicyclic) bond motifs is 4. The maximum absolute atomic E-state index is 15.5. The van der Waals surface area contributed by atoms with Gasteiger partial charge in [0.2, 0.25) is 5.91 Å². The number of likely N-dealkylation sites (tertiary alicyclic amines) is 1. The van der Waals surface area contributed by atoms with Gasteiger partial charge in [0.1, 0.15) is 60.2 Å². The molecule has 3 fully saturated rings. The zero-order valence-corrected chi connectivity index (χ0v) is 36.3. The van der Waals surface area contributed by atoms with Gasteiger partial charge in [-0.2, -0.15) is 15.1 Å². The number of piperazine rings is 1. The fourth-order valence-corrected chi connectivity index (χ4v) is 9.60. The lowest BCUT2D eigenvalue weighted by Gasteiger charge is -2.32. The third-order valence-corrected chi connectivity index (χ3v) is 13.0. The summed E-state index contributed by atoms with van der Waals surface area (Å²) in [7, 11) is 1.62. The van der Waals surface area contributed by atoms with Crippen molar-refractivity contribution in [2.24, 2.45) is 16.3 Å². The van der Waals surface area contributed by atoms with Gasteiger partial charge in [0.15, 0.2) is 5.75 Å². The number of methoxy groups -OCH3 is 1. The number of phenols is 1. The number of benzene rings is 3. The zero-order valence-electron chi connectivity index (χ0n) is 36.3. The third kappa shape index (κ3) is 8.10. The summed E-state index contributed by atoms with van der Waals surface area (Å²) in [4.78, 5) is 44.3. The van der Waals surface area contributed by atoms with Gasteiger partial charge in [0.25, 0.3) is 0 Å². The van der Waals surface area contributed by atoms with Crippen LogP contribution in [0.5, 0.6) is 17.5 Å². The smallest absolute Gasteiger partial charge is 0.319 e. The van der Waals surface area contributed by atoms with E-state index in [1.807, 2.05) is 52.0 Å². The van der Waals surface area contributed by atoms with Crippen LogP contribution in [0.4, 0.5) is 10.2 Å². The van der Waals surface area contributed by atoms with Gasteiger partial charge in [-0.1, -0.05) is 56.3 Å². The Morgan fingerprint density at radius 3 is 2.62 bits per heavy atom. The SMILES string of the molecule is CCc1c(F)ccc2cc(O)cc(-c3ncc4c(N5C[C@@H]6CC5CN6)nc(OC[C@H](C)OC)nc4c3OCc3ccc(C4CN(C(C(=O)N5CCCC5C=O)C(C)C)N=N4)cc3)c12. The van der Waals surface area contributed by atoms with Gasteiger partial charge in [0.05, 0.1) is 24.1 Å². The molecule has 0 radical (unpaired) electrons. The molecule has 16 heteroatoms. The van der Waals surface area contributed by atoms with Crippen molar-refractivity contribution in [1.82, 2.24) is 30.2 Å². The number of phenolic OH excluding ortho intramolecular Hbond substituents is 1. The first-order valence-electron chi connectivity index (χ1n) is 22.0. The van der Waals surface area contributed by atoms with E-state index in [0.717, 1.165) is 43.3 Å². The Balaban J connectivity index is 1.07. The number of aldehydes is 1. The molecule has 5 aromatic rings. The van der Waals surface area contributed by atoms with Crippen LogP contribution in [-0.2, 0) is 27.4 Å². The monoisotopic (exact) mass is 859 g/mol. The number of aryl methyl sites for hydroxylation is 1. The second-order valence-corrected chi connectivity index (χ2v) is 17.4. The summed E-state index contributed by atoms with van der Waals surface area (Å²) in [6.45, 7) is 10.7. The summed E-state index contributed by atoms with van der Waals surface area (Å²) in [5.41, 5.74) is 3.65. The number of pyridine rings is 1. The zero-order chi connectivity index (χ0) is 43.9. The number of carbonyl (C=O) groups is 2. The number of rotatable bonds is 15. The Morgan fingerprint density at radius 1 is 1.08 bits per heavy atom. The van der Waals surface area contributed by atoms with E-state index in [4.69, 9.17) is 29.2 Å². The van der Waals surface area contributed by atoms with Crippen LogP contribution in [0.15, 0.2) is 65.1 Å². The minimum absolute atomic E-state index is 0.00375. The lowest BCUT2D eigenvalue weighted by Crippen LogP contribution is -2.51. The molecule has 9 rings (SSSR count). The number of halogens is 1. The summed E-state index contributed by atoms with van der Waals surface area (Å²) in [5, 5.41) is 27.4. The molecule has 63 heavy (non-hydrogen) atoms. The molecule has 3 saturated heterocycles. The first-order chi connectivity index (χ1) is 30.5. The number of aromatic nitrogens is 3. The number of nitrogens with zero attached hydrogens (tertiary/aromatic N) is 8. The van der Waals surface area contributed by atoms with Crippen LogP contribution in [0.25, 0.3) is 32.9 Å². The molecule has 4 aliphatic rings. The van der Waals surface area contributed by atoms with Gasteiger partial charge in [-0.3, -0.25) is 14.8 Å². The molecule has 4 unspecified atom stereocenters. The van der Waals surface area contributed by atoms with Gasteiger partial charge < -0.3 is 39.2 Å². The van der Waals surface area contributed by atoms with Crippen molar-refractivity contribution in [3.63, 3.8) is 0 Å². The lowest BCUT2D eigenvalue weighted by atomic mass is 9.94. The lowest BCUT2D eigenvalue weighted by molar-refractivity contribution is -0.141. The largest absolute Gasteiger partial charge is 0.508 e. The van der Waals surface area contributed by atoms with Crippen molar-refractivity contribution in [2.75, 3.05) is 44.8 Å². The topological polar surface area (TPSA) is 167 Å². The minimum Gasteiger partial charge on any atom is -0.508 e. The maximum atomic E-state index is 15.5. The third-order valence-electron chi connectivity index (χ3n) is 13.0. The van der Waals surface area contributed by atoms with Crippen LogP contribution in [0.3, 0.4) is 0 Å². The standard InChI is InChI=1S/C47H54FN9O6/c1-6-35-38(48)14-13-30-16-34(59)18-36(40(30)35)41-44(42-37(20-50-41)45(56-21-31-17-33(56)19-49-31)52-47(51-42)63-24-27(4)61-5)62-25-28-9-11-29(12-10-28)39-22-57(54-53-39)43(26(2)3)46(60)55-15-7-8-32(55)23-58/h9-14,16,18,20,23,26-27,31-33,39,43,49,59H,6-8,15,17,19,21-22,24-25H2,1-5H3/t27-,31-,32?,33?,39?,43?/m0/s1. The van der Waals surface area contributed by atoms with Gasteiger partial charge in [-0.05, 0) is 84.2 Å². The first-order valence-corrected chi connectivity index (χ1v) is 22.0. The molecule has 2 bridgehead atoms. The molecule has 0 saturated carbocycles. The molecular formula is C47H54FN9O6. The van der Waals surface area contributed by atoms with E-state index in [0.29, 0.717) is 82.0 Å². The number of hydrogen-bond donors (Lipinski definition) is 2. The molecule has 1 amide bonds. The van der Waals surface area contributed by atoms with Crippen LogP contribution in [-0.4, -0.2) is 112 Å². The van der Waals surface area contributed by atoms with Crippen molar-refractivity contribution in [1.29, 1.82) is 0 Å². The van der Waals surface area contributed by atoms with Gasteiger partial charge in [-0.25, -0.2) is 4.39 Å². The number of anilines is 1. The molecule has 2 aromatic heterocycles. The average Bonchev–Trinajstić information content (AvgIpc) is 4.14. The van der Waals surface area contributed by atoms with E-state index in [1.54, 1.807) is 41.4 Å². The van der Waals surface area contributed by atoms with Crippen LogP contribution < -0.4 is 19.7 Å². The Bertz CT molecular complexity index is 2560. The summed E-state index contributed by atoms with van der Waals surface area (Å²) in [6, 6.07) is 13.7. The molecule has 4 aliphatic heterocycles. The van der Waals surface area contributed by atoms with Crippen LogP contribution in [0, 0.1) is 11.7 Å². The number of ether oxygens (including phenoxy) is 3. The number of amides is 1.